The van der Waals surface area contributed by atoms with Crippen molar-refractivity contribution in [2.24, 2.45) is 5.92 Å². The van der Waals surface area contributed by atoms with Gasteiger partial charge in [0.15, 0.2) is 0 Å². The van der Waals surface area contributed by atoms with E-state index in [-0.39, 0.29) is 18.2 Å². The van der Waals surface area contributed by atoms with Crippen molar-refractivity contribution in [2.75, 3.05) is 6.54 Å². The first-order valence-corrected chi connectivity index (χ1v) is 5.84. The zero-order valence-electron chi connectivity index (χ0n) is 10.3. The summed E-state index contributed by atoms with van der Waals surface area (Å²) in [4.78, 5) is 29.5. The molecule has 6 heteroatoms. The molecule has 1 amide bonds. The predicted molar refractivity (Wildman–Crippen MR) is 65.0 cm³/mol. The summed E-state index contributed by atoms with van der Waals surface area (Å²) in [6.07, 6.45) is 5.82. The number of aliphatic carboxylic acids is 1. The van der Waals surface area contributed by atoms with Gasteiger partial charge in [-0.25, -0.2) is 9.97 Å². The lowest BCUT2D eigenvalue weighted by Gasteiger charge is -2.10. The highest BCUT2D eigenvalue weighted by molar-refractivity contribution is 5.93. The molecule has 98 valence electrons. The lowest BCUT2D eigenvalue weighted by atomic mass is 10.0. The van der Waals surface area contributed by atoms with Gasteiger partial charge in [-0.2, -0.15) is 0 Å². The van der Waals surface area contributed by atoms with Crippen LogP contribution in [0.2, 0.25) is 0 Å². The largest absolute Gasteiger partial charge is 0.481 e. The van der Waals surface area contributed by atoms with E-state index in [1.54, 1.807) is 0 Å². The van der Waals surface area contributed by atoms with E-state index in [1.807, 2.05) is 6.92 Å². The molecule has 0 spiro atoms. The minimum absolute atomic E-state index is 0.168. The molecule has 1 unspecified atom stereocenters. The first-order chi connectivity index (χ1) is 8.59. The number of nitrogens with one attached hydrogen (secondary N) is 1. The van der Waals surface area contributed by atoms with Crippen LogP contribution in [0.1, 0.15) is 36.5 Å². The number of rotatable bonds is 7. The number of nitrogens with zero attached hydrogens (tertiary/aromatic N) is 2. The van der Waals surface area contributed by atoms with Crippen LogP contribution in [0.25, 0.3) is 0 Å². The summed E-state index contributed by atoms with van der Waals surface area (Å²) in [6, 6.07) is 0. The van der Waals surface area contributed by atoms with Crippen LogP contribution in [-0.4, -0.2) is 33.5 Å². The molecule has 6 nitrogen and oxygen atoms in total. The number of carboxylic acids is 1. The molecule has 1 aromatic rings. The van der Waals surface area contributed by atoms with E-state index in [2.05, 4.69) is 15.3 Å². The number of aromatic nitrogens is 2. The fourth-order valence-electron chi connectivity index (χ4n) is 1.46. The molecule has 0 fully saturated rings. The van der Waals surface area contributed by atoms with Gasteiger partial charge < -0.3 is 10.4 Å². The van der Waals surface area contributed by atoms with Gasteiger partial charge in [0.2, 0.25) is 0 Å². The molecular weight excluding hydrogens is 234 g/mol. The number of carbonyl (C=O) groups is 2. The second-order valence-electron chi connectivity index (χ2n) is 4.21. The van der Waals surface area contributed by atoms with E-state index in [4.69, 9.17) is 5.11 Å². The first-order valence-electron chi connectivity index (χ1n) is 5.84. The van der Waals surface area contributed by atoms with E-state index >= 15 is 0 Å². The molecule has 0 aliphatic heterocycles. The second-order valence-corrected chi connectivity index (χ2v) is 4.21. The molecule has 2 N–H and O–H groups in total. The molecule has 0 aliphatic carbocycles. The van der Waals surface area contributed by atoms with Gasteiger partial charge in [0.25, 0.3) is 5.91 Å². The van der Waals surface area contributed by atoms with Crippen LogP contribution in [0, 0.1) is 5.92 Å². The highest BCUT2D eigenvalue weighted by atomic mass is 16.4. The molecule has 18 heavy (non-hydrogen) atoms. The van der Waals surface area contributed by atoms with E-state index in [1.165, 1.54) is 18.7 Å². The van der Waals surface area contributed by atoms with E-state index < -0.39 is 5.97 Å². The van der Waals surface area contributed by atoms with E-state index in [0.29, 0.717) is 18.5 Å². The van der Waals surface area contributed by atoms with Crippen LogP contribution >= 0.6 is 0 Å². The quantitative estimate of drug-likeness (QED) is 0.757. The van der Waals surface area contributed by atoms with Crippen molar-refractivity contribution in [3.8, 4) is 0 Å². The molecule has 1 heterocycles. The maximum Gasteiger partial charge on any atom is 0.303 e. The molecule has 0 saturated carbocycles. The van der Waals surface area contributed by atoms with Crippen molar-refractivity contribution in [1.82, 2.24) is 15.3 Å². The Kier molecular flexibility index (Phi) is 5.76. The molecule has 0 saturated heterocycles. The van der Waals surface area contributed by atoms with Gasteiger partial charge in [-0.3, -0.25) is 9.59 Å². The van der Waals surface area contributed by atoms with Crippen LogP contribution in [-0.2, 0) is 4.79 Å². The molecule has 1 aromatic heterocycles. The highest BCUT2D eigenvalue weighted by Crippen LogP contribution is 2.09. The summed E-state index contributed by atoms with van der Waals surface area (Å²) in [7, 11) is 0. The van der Waals surface area contributed by atoms with E-state index in [0.717, 1.165) is 6.42 Å². The number of amides is 1. The summed E-state index contributed by atoms with van der Waals surface area (Å²) < 4.78 is 0. The Morgan fingerprint density at radius 2 is 2.00 bits per heavy atom. The summed E-state index contributed by atoms with van der Waals surface area (Å²) in [5.41, 5.74) is 0.427. The van der Waals surface area contributed by atoms with Crippen molar-refractivity contribution in [2.45, 2.75) is 26.2 Å². The molecular formula is C12H17N3O3. The smallest absolute Gasteiger partial charge is 0.303 e. The zero-order valence-corrected chi connectivity index (χ0v) is 10.3. The van der Waals surface area contributed by atoms with Crippen molar-refractivity contribution >= 4 is 11.9 Å². The predicted octanol–water partition coefficient (Wildman–Crippen LogP) is 1.10. The Bertz CT molecular complexity index is 395. The Balaban J connectivity index is 2.21. The fraction of sp³-hybridized carbons (Fsp3) is 0.500. The van der Waals surface area contributed by atoms with Gasteiger partial charge in [-0.1, -0.05) is 6.92 Å². The normalized spacial score (nSPS) is 11.8. The standard InChI is InChI=1S/C12H17N3O3/c1-9(2-3-11(16)17)4-5-15-12(18)10-6-13-8-14-7-10/h6-9H,2-5H2,1H3,(H,15,18)(H,16,17). The lowest BCUT2D eigenvalue weighted by molar-refractivity contribution is -0.137. The third-order valence-corrected chi connectivity index (χ3v) is 2.60. The second kappa shape index (κ2) is 7.37. The molecule has 1 rings (SSSR count). The SMILES string of the molecule is CC(CCNC(=O)c1cncnc1)CCC(=O)O. The lowest BCUT2D eigenvalue weighted by Crippen LogP contribution is -2.25. The number of carbonyl (C=O) groups excluding carboxylic acids is 1. The maximum absolute atomic E-state index is 11.6. The van der Waals surface area contributed by atoms with Gasteiger partial charge in [-0.15, -0.1) is 0 Å². The first kappa shape index (κ1) is 14.1. The molecule has 0 aliphatic rings. The van der Waals surface area contributed by atoms with Crippen LogP contribution in [0.4, 0.5) is 0 Å². The minimum atomic E-state index is -0.785. The van der Waals surface area contributed by atoms with Crippen LogP contribution in [0.3, 0.4) is 0 Å². The van der Waals surface area contributed by atoms with Crippen LogP contribution in [0.15, 0.2) is 18.7 Å². The third-order valence-electron chi connectivity index (χ3n) is 2.60. The summed E-state index contributed by atoms with van der Waals surface area (Å²) in [5, 5.41) is 11.3. The molecule has 0 bridgehead atoms. The van der Waals surface area contributed by atoms with E-state index in [9.17, 15) is 9.59 Å². The van der Waals surface area contributed by atoms with Crippen molar-refractivity contribution in [3.63, 3.8) is 0 Å². The Hall–Kier alpha value is -1.98. The molecule has 1 atom stereocenters. The molecule has 0 radical (unpaired) electrons. The fourth-order valence-corrected chi connectivity index (χ4v) is 1.46. The third kappa shape index (κ3) is 5.38. The van der Waals surface area contributed by atoms with Crippen molar-refractivity contribution in [1.29, 1.82) is 0 Å². The van der Waals surface area contributed by atoms with Crippen LogP contribution < -0.4 is 5.32 Å². The number of hydrogen-bond acceptors (Lipinski definition) is 4. The molecule has 0 aromatic carbocycles. The Labute approximate surface area is 105 Å². The van der Waals surface area contributed by atoms with Crippen molar-refractivity contribution in [3.05, 3.63) is 24.3 Å². The van der Waals surface area contributed by atoms with Gasteiger partial charge in [0.05, 0.1) is 5.56 Å². The number of hydrogen-bond donors (Lipinski definition) is 2. The van der Waals surface area contributed by atoms with Crippen LogP contribution in [0.5, 0.6) is 0 Å². The Morgan fingerprint density at radius 1 is 1.33 bits per heavy atom. The minimum Gasteiger partial charge on any atom is -0.481 e. The topological polar surface area (TPSA) is 92.2 Å². The number of carboxylic acid groups (broad SMARTS) is 1. The summed E-state index contributed by atoms with van der Waals surface area (Å²) in [5.74, 6) is -0.721. The maximum atomic E-state index is 11.6. The average Bonchev–Trinajstić information content (AvgIpc) is 2.37. The summed E-state index contributed by atoms with van der Waals surface area (Å²) >= 11 is 0. The Morgan fingerprint density at radius 3 is 2.61 bits per heavy atom. The van der Waals surface area contributed by atoms with Crippen molar-refractivity contribution < 1.29 is 14.7 Å². The summed E-state index contributed by atoms with van der Waals surface area (Å²) in [6.45, 7) is 2.50. The zero-order chi connectivity index (χ0) is 13.4. The van der Waals surface area contributed by atoms with Gasteiger partial charge in [-0.05, 0) is 18.8 Å². The highest BCUT2D eigenvalue weighted by Gasteiger charge is 2.08. The monoisotopic (exact) mass is 251 g/mol. The van der Waals surface area contributed by atoms with Gasteiger partial charge >= 0.3 is 5.97 Å². The van der Waals surface area contributed by atoms with Gasteiger partial charge in [0, 0.05) is 25.4 Å². The van der Waals surface area contributed by atoms with Gasteiger partial charge in [0.1, 0.15) is 6.33 Å². The average molecular weight is 251 g/mol.